The molecule has 0 aliphatic carbocycles. The van der Waals surface area contributed by atoms with E-state index in [0.29, 0.717) is 5.75 Å². The fraction of sp³-hybridized carbons (Fsp3) is 0.100. The lowest BCUT2D eigenvalue weighted by molar-refractivity contribution is 0.477. The molecule has 0 saturated carbocycles. The monoisotopic (exact) mass is 274 g/mol. The zero-order valence-corrected chi connectivity index (χ0v) is 12.3. The number of benzene rings is 3. The molecule has 0 amide bonds. The largest absolute Gasteiger partial charge is 0.507 e. The minimum atomic E-state index is 0.317. The van der Waals surface area contributed by atoms with Crippen molar-refractivity contribution in [3.05, 3.63) is 77.9 Å². The average Bonchev–Trinajstić information content (AvgIpc) is 2.49. The van der Waals surface area contributed by atoms with Crippen molar-refractivity contribution in [3.63, 3.8) is 0 Å². The van der Waals surface area contributed by atoms with Gasteiger partial charge in [0.15, 0.2) is 0 Å². The highest BCUT2D eigenvalue weighted by Gasteiger charge is 2.06. The molecule has 0 spiro atoms. The highest BCUT2D eigenvalue weighted by atomic mass is 16.3. The number of hydrogen-bond donors (Lipinski definition) is 1. The van der Waals surface area contributed by atoms with Crippen LogP contribution in [-0.2, 0) is 0 Å². The van der Waals surface area contributed by atoms with E-state index >= 15 is 0 Å². The van der Waals surface area contributed by atoms with Crippen molar-refractivity contribution < 1.29 is 5.11 Å². The summed E-state index contributed by atoms with van der Waals surface area (Å²) >= 11 is 0. The molecule has 0 unspecified atom stereocenters. The molecule has 0 heterocycles. The second-order valence-electron chi connectivity index (χ2n) is 5.46. The van der Waals surface area contributed by atoms with Crippen LogP contribution in [0.1, 0.15) is 11.1 Å². The SMILES string of the molecule is Cc1ccc(-c2ccc(-c3ccc(C)cc3)c(O)c2)cc1. The zero-order valence-electron chi connectivity index (χ0n) is 12.3. The smallest absolute Gasteiger partial charge is 0.124 e. The molecule has 0 fully saturated rings. The van der Waals surface area contributed by atoms with Crippen LogP contribution >= 0.6 is 0 Å². The molecule has 21 heavy (non-hydrogen) atoms. The summed E-state index contributed by atoms with van der Waals surface area (Å²) in [5.74, 6) is 0.317. The van der Waals surface area contributed by atoms with E-state index in [9.17, 15) is 5.11 Å². The number of aromatic hydroxyl groups is 1. The van der Waals surface area contributed by atoms with Gasteiger partial charge in [0.1, 0.15) is 5.75 Å². The van der Waals surface area contributed by atoms with Gasteiger partial charge in [0.2, 0.25) is 0 Å². The van der Waals surface area contributed by atoms with E-state index in [2.05, 4.69) is 56.3 Å². The Balaban J connectivity index is 1.99. The maximum Gasteiger partial charge on any atom is 0.124 e. The first-order valence-corrected chi connectivity index (χ1v) is 7.10. The van der Waals surface area contributed by atoms with Gasteiger partial charge in [-0.15, -0.1) is 0 Å². The van der Waals surface area contributed by atoms with E-state index < -0.39 is 0 Å². The van der Waals surface area contributed by atoms with E-state index in [0.717, 1.165) is 22.3 Å². The van der Waals surface area contributed by atoms with Gasteiger partial charge in [0.25, 0.3) is 0 Å². The molecule has 1 nitrogen and oxygen atoms in total. The summed E-state index contributed by atoms with van der Waals surface area (Å²) < 4.78 is 0. The van der Waals surface area contributed by atoms with Crippen LogP contribution in [0.2, 0.25) is 0 Å². The predicted molar refractivity (Wildman–Crippen MR) is 88.5 cm³/mol. The summed E-state index contributed by atoms with van der Waals surface area (Å²) in [5.41, 5.74) is 6.50. The second-order valence-corrected chi connectivity index (χ2v) is 5.46. The van der Waals surface area contributed by atoms with E-state index in [-0.39, 0.29) is 0 Å². The number of aryl methyl sites for hydroxylation is 2. The standard InChI is InChI=1S/C20H18O/c1-14-3-7-16(8-4-14)18-11-12-19(20(21)13-18)17-9-5-15(2)6-10-17/h3-13,21H,1-2H3. The quantitative estimate of drug-likeness (QED) is 0.668. The van der Waals surface area contributed by atoms with Gasteiger partial charge in [-0.3, -0.25) is 0 Å². The molecule has 0 aromatic heterocycles. The molecule has 3 rings (SSSR count). The number of phenols is 1. The molecule has 0 atom stereocenters. The Hall–Kier alpha value is -2.54. The Morgan fingerprint density at radius 2 is 1.05 bits per heavy atom. The molecule has 0 aliphatic heterocycles. The maximum atomic E-state index is 10.3. The molecule has 0 aliphatic rings. The fourth-order valence-corrected chi connectivity index (χ4v) is 2.43. The van der Waals surface area contributed by atoms with Crippen molar-refractivity contribution in [2.45, 2.75) is 13.8 Å². The summed E-state index contributed by atoms with van der Waals surface area (Å²) in [4.78, 5) is 0. The Morgan fingerprint density at radius 3 is 1.57 bits per heavy atom. The molecule has 3 aromatic rings. The molecule has 0 bridgehead atoms. The number of phenolic OH excluding ortho intramolecular Hbond substituents is 1. The summed E-state index contributed by atoms with van der Waals surface area (Å²) in [6.45, 7) is 4.13. The van der Waals surface area contributed by atoms with Crippen LogP contribution in [0.3, 0.4) is 0 Å². The van der Waals surface area contributed by atoms with Gasteiger partial charge < -0.3 is 5.11 Å². The summed E-state index contributed by atoms with van der Waals surface area (Å²) in [5, 5.41) is 10.3. The van der Waals surface area contributed by atoms with Crippen molar-refractivity contribution in [1.82, 2.24) is 0 Å². The van der Waals surface area contributed by atoms with Gasteiger partial charge in [-0.25, -0.2) is 0 Å². The lowest BCUT2D eigenvalue weighted by atomic mass is 9.98. The Morgan fingerprint density at radius 1 is 0.571 bits per heavy atom. The highest BCUT2D eigenvalue weighted by Crippen LogP contribution is 2.33. The van der Waals surface area contributed by atoms with Crippen LogP contribution in [0.25, 0.3) is 22.3 Å². The van der Waals surface area contributed by atoms with Gasteiger partial charge in [-0.1, -0.05) is 71.8 Å². The van der Waals surface area contributed by atoms with Crippen LogP contribution in [0, 0.1) is 13.8 Å². The van der Waals surface area contributed by atoms with Crippen LogP contribution in [-0.4, -0.2) is 5.11 Å². The van der Waals surface area contributed by atoms with Crippen LogP contribution in [0.4, 0.5) is 0 Å². The lowest BCUT2D eigenvalue weighted by Gasteiger charge is -2.08. The molecular weight excluding hydrogens is 256 g/mol. The first-order chi connectivity index (χ1) is 10.1. The van der Waals surface area contributed by atoms with Gasteiger partial charge in [0.05, 0.1) is 0 Å². The topological polar surface area (TPSA) is 20.2 Å². The first-order valence-electron chi connectivity index (χ1n) is 7.10. The molecule has 0 radical (unpaired) electrons. The predicted octanol–water partition coefficient (Wildman–Crippen LogP) is 5.34. The Kier molecular flexibility index (Phi) is 3.49. The normalized spacial score (nSPS) is 10.6. The van der Waals surface area contributed by atoms with Crippen molar-refractivity contribution >= 4 is 0 Å². The molecular formula is C20H18O. The molecule has 1 N–H and O–H groups in total. The molecule has 1 heteroatoms. The summed E-state index contributed by atoms with van der Waals surface area (Å²) in [6.07, 6.45) is 0. The van der Waals surface area contributed by atoms with E-state index in [1.807, 2.05) is 24.3 Å². The lowest BCUT2D eigenvalue weighted by Crippen LogP contribution is -1.83. The number of hydrogen-bond acceptors (Lipinski definition) is 1. The Bertz CT molecular complexity index is 753. The van der Waals surface area contributed by atoms with Gasteiger partial charge >= 0.3 is 0 Å². The highest BCUT2D eigenvalue weighted by molar-refractivity contribution is 5.76. The Labute approximate surface area is 125 Å². The average molecular weight is 274 g/mol. The van der Waals surface area contributed by atoms with E-state index in [1.54, 1.807) is 0 Å². The van der Waals surface area contributed by atoms with Crippen molar-refractivity contribution in [2.24, 2.45) is 0 Å². The summed E-state index contributed by atoms with van der Waals surface area (Å²) in [7, 11) is 0. The second kappa shape index (κ2) is 5.45. The summed E-state index contributed by atoms with van der Waals surface area (Å²) in [6, 6.07) is 22.4. The third-order valence-corrected chi connectivity index (χ3v) is 3.75. The minimum absolute atomic E-state index is 0.317. The van der Waals surface area contributed by atoms with Crippen molar-refractivity contribution in [1.29, 1.82) is 0 Å². The minimum Gasteiger partial charge on any atom is -0.507 e. The first kappa shape index (κ1) is 13.4. The van der Waals surface area contributed by atoms with Gasteiger partial charge in [-0.05, 0) is 36.6 Å². The van der Waals surface area contributed by atoms with Gasteiger partial charge in [-0.2, -0.15) is 0 Å². The maximum absolute atomic E-state index is 10.3. The third kappa shape index (κ3) is 2.82. The van der Waals surface area contributed by atoms with Crippen LogP contribution in [0.15, 0.2) is 66.7 Å². The van der Waals surface area contributed by atoms with Crippen LogP contribution in [0.5, 0.6) is 5.75 Å². The van der Waals surface area contributed by atoms with Crippen molar-refractivity contribution in [2.75, 3.05) is 0 Å². The van der Waals surface area contributed by atoms with E-state index in [1.165, 1.54) is 11.1 Å². The molecule has 0 saturated heterocycles. The van der Waals surface area contributed by atoms with Crippen LogP contribution < -0.4 is 0 Å². The molecule has 104 valence electrons. The molecule has 3 aromatic carbocycles. The fourth-order valence-electron chi connectivity index (χ4n) is 2.43. The van der Waals surface area contributed by atoms with E-state index in [4.69, 9.17) is 0 Å². The third-order valence-electron chi connectivity index (χ3n) is 3.75. The zero-order chi connectivity index (χ0) is 14.8. The number of rotatable bonds is 2. The van der Waals surface area contributed by atoms with Crippen molar-refractivity contribution in [3.8, 4) is 28.0 Å². The van der Waals surface area contributed by atoms with Gasteiger partial charge in [0, 0.05) is 5.56 Å².